The van der Waals surface area contributed by atoms with E-state index >= 15 is 0 Å². The van der Waals surface area contributed by atoms with Crippen molar-refractivity contribution in [3.8, 4) is 11.5 Å². The number of esters is 1. The topological polar surface area (TPSA) is 44.8 Å². The molecular weight excluding hydrogens is 304 g/mol. The van der Waals surface area contributed by atoms with Crippen LogP contribution >= 0.6 is 0 Å². The highest BCUT2D eigenvalue weighted by Gasteiger charge is 2.24. The first-order valence-corrected chi connectivity index (χ1v) is 7.55. The molecule has 0 saturated carbocycles. The molecule has 4 heteroatoms. The van der Waals surface area contributed by atoms with Gasteiger partial charge in [0.1, 0.15) is 17.3 Å². The smallest absolute Gasteiger partial charge is 0.343 e. The van der Waals surface area contributed by atoms with Gasteiger partial charge in [0.05, 0.1) is 25.4 Å². The van der Waals surface area contributed by atoms with Gasteiger partial charge in [0.2, 0.25) is 0 Å². The lowest BCUT2D eigenvalue weighted by atomic mass is 10.1. The number of rotatable bonds is 4. The van der Waals surface area contributed by atoms with Gasteiger partial charge in [-0.15, -0.1) is 0 Å². The van der Waals surface area contributed by atoms with Crippen LogP contribution in [0.15, 0.2) is 54.1 Å². The van der Waals surface area contributed by atoms with Gasteiger partial charge in [0.25, 0.3) is 0 Å². The van der Waals surface area contributed by atoms with Crippen LogP contribution in [0.25, 0.3) is 11.8 Å². The van der Waals surface area contributed by atoms with Crippen molar-refractivity contribution in [2.45, 2.75) is 6.92 Å². The number of carbonyl (C=O) groups is 1. The van der Waals surface area contributed by atoms with Crippen molar-refractivity contribution in [1.29, 1.82) is 0 Å². The molecule has 3 rings (SSSR count). The van der Waals surface area contributed by atoms with Gasteiger partial charge < -0.3 is 14.2 Å². The van der Waals surface area contributed by atoms with E-state index in [4.69, 9.17) is 14.2 Å². The molecule has 0 unspecified atom stereocenters. The fraction of sp³-hybridized carbons (Fsp3) is 0.150. The third-order valence-corrected chi connectivity index (χ3v) is 3.80. The molecule has 1 aliphatic rings. The number of methoxy groups -OCH3 is 2. The second-order valence-electron chi connectivity index (χ2n) is 5.47. The number of hydrogen-bond acceptors (Lipinski definition) is 4. The van der Waals surface area contributed by atoms with Gasteiger partial charge in [-0.05, 0) is 42.8 Å². The molecule has 0 spiro atoms. The molecule has 2 aromatic rings. The highest BCUT2D eigenvalue weighted by Crippen LogP contribution is 2.35. The van der Waals surface area contributed by atoms with Crippen molar-refractivity contribution in [2.75, 3.05) is 14.2 Å². The Morgan fingerprint density at radius 2 is 1.75 bits per heavy atom. The molecule has 0 radical (unpaired) electrons. The molecule has 0 saturated heterocycles. The molecule has 0 bridgehead atoms. The molecule has 0 atom stereocenters. The minimum atomic E-state index is -0.379. The Bertz CT molecular complexity index is 829. The van der Waals surface area contributed by atoms with Crippen LogP contribution in [0.5, 0.6) is 11.5 Å². The zero-order chi connectivity index (χ0) is 17.1. The predicted molar refractivity (Wildman–Crippen MR) is 92.8 cm³/mol. The Morgan fingerprint density at radius 3 is 2.42 bits per heavy atom. The minimum Gasteiger partial charge on any atom is -0.497 e. The van der Waals surface area contributed by atoms with Crippen molar-refractivity contribution in [3.63, 3.8) is 0 Å². The highest BCUT2D eigenvalue weighted by atomic mass is 16.5. The van der Waals surface area contributed by atoms with Gasteiger partial charge in [-0.2, -0.15) is 0 Å². The second-order valence-corrected chi connectivity index (χ2v) is 5.47. The standard InChI is InChI=1S/C20H18O4/c1-13-4-6-14(7-5-13)10-15-11-19(24-20(15)21)17-12-16(22-2)8-9-18(17)23-3/h4-12H,1-3H3/b15-10-. The quantitative estimate of drug-likeness (QED) is 0.630. The summed E-state index contributed by atoms with van der Waals surface area (Å²) in [7, 11) is 3.16. The van der Waals surface area contributed by atoms with E-state index in [1.165, 1.54) is 5.56 Å². The molecule has 0 aromatic heterocycles. The van der Waals surface area contributed by atoms with Gasteiger partial charge in [-0.3, -0.25) is 0 Å². The van der Waals surface area contributed by atoms with Gasteiger partial charge in [-0.25, -0.2) is 4.79 Å². The Labute approximate surface area is 141 Å². The normalized spacial score (nSPS) is 15.2. The van der Waals surface area contributed by atoms with E-state index in [1.807, 2.05) is 31.2 Å². The van der Waals surface area contributed by atoms with Gasteiger partial charge in [0.15, 0.2) is 0 Å². The summed E-state index contributed by atoms with van der Waals surface area (Å²) in [4.78, 5) is 12.2. The van der Waals surface area contributed by atoms with Crippen LogP contribution < -0.4 is 9.47 Å². The molecule has 122 valence electrons. The first kappa shape index (κ1) is 15.9. The molecule has 0 aliphatic carbocycles. The lowest BCUT2D eigenvalue weighted by molar-refractivity contribution is -0.130. The maximum atomic E-state index is 12.2. The number of carbonyl (C=O) groups excluding carboxylic acids is 1. The van der Waals surface area contributed by atoms with Crippen molar-refractivity contribution in [1.82, 2.24) is 0 Å². The van der Waals surface area contributed by atoms with Crippen molar-refractivity contribution in [2.24, 2.45) is 0 Å². The van der Waals surface area contributed by atoms with E-state index in [9.17, 15) is 4.79 Å². The molecule has 1 heterocycles. The van der Waals surface area contributed by atoms with Crippen molar-refractivity contribution in [3.05, 3.63) is 70.8 Å². The van der Waals surface area contributed by atoms with Gasteiger partial charge >= 0.3 is 5.97 Å². The Morgan fingerprint density at radius 1 is 1.00 bits per heavy atom. The fourth-order valence-corrected chi connectivity index (χ4v) is 2.47. The monoisotopic (exact) mass is 322 g/mol. The molecule has 0 N–H and O–H groups in total. The first-order valence-electron chi connectivity index (χ1n) is 7.55. The largest absolute Gasteiger partial charge is 0.497 e. The third-order valence-electron chi connectivity index (χ3n) is 3.80. The van der Waals surface area contributed by atoms with E-state index in [-0.39, 0.29) is 5.97 Å². The number of cyclic esters (lactones) is 1. The van der Waals surface area contributed by atoms with Crippen LogP contribution in [-0.4, -0.2) is 20.2 Å². The lowest BCUT2D eigenvalue weighted by Gasteiger charge is -2.10. The molecule has 2 aromatic carbocycles. The van der Waals surface area contributed by atoms with E-state index in [1.54, 1.807) is 44.6 Å². The predicted octanol–water partition coefficient (Wildman–Crippen LogP) is 3.99. The van der Waals surface area contributed by atoms with Crippen molar-refractivity contribution >= 4 is 17.8 Å². The van der Waals surface area contributed by atoms with Crippen LogP contribution in [0.1, 0.15) is 16.7 Å². The van der Waals surface area contributed by atoms with Crippen LogP contribution in [0.3, 0.4) is 0 Å². The van der Waals surface area contributed by atoms with Crippen LogP contribution in [0.4, 0.5) is 0 Å². The zero-order valence-electron chi connectivity index (χ0n) is 13.8. The van der Waals surface area contributed by atoms with E-state index < -0.39 is 0 Å². The summed E-state index contributed by atoms with van der Waals surface area (Å²) in [5.74, 6) is 1.36. The van der Waals surface area contributed by atoms with Crippen LogP contribution in [0, 0.1) is 6.92 Å². The minimum absolute atomic E-state index is 0.379. The average Bonchev–Trinajstić information content (AvgIpc) is 2.97. The summed E-state index contributed by atoms with van der Waals surface area (Å²) in [6.07, 6.45) is 3.53. The molecule has 0 amide bonds. The SMILES string of the molecule is COc1ccc(OC)c(C2=C/C(=C/c3ccc(C)cc3)C(=O)O2)c1. The highest BCUT2D eigenvalue weighted by molar-refractivity contribution is 6.05. The summed E-state index contributed by atoms with van der Waals surface area (Å²) >= 11 is 0. The second kappa shape index (κ2) is 6.62. The summed E-state index contributed by atoms with van der Waals surface area (Å²) in [6.45, 7) is 2.02. The van der Waals surface area contributed by atoms with Gasteiger partial charge in [-0.1, -0.05) is 29.8 Å². The number of benzene rings is 2. The van der Waals surface area contributed by atoms with Crippen molar-refractivity contribution < 1.29 is 19.0 Å². The Hall–Kier alpha value is -3.01. The molecule has 0 fully saturated rings. The third kappa shape index (κ3) is 3.18. The fourth-order valence-electron chi connectivity index (χ4n) is 2.47. The lowest BCUT2D eigenvalue weighted by Crippen LogP contribution is -1.98. The van der Waals surface area contributed by atoms with Crippen LogP contribution in [-0.2, 0) is 9.53 Å². The first-order chi connectivity index (χ1) is 11.6. The van der Waals surface area contributed by atoms with E-state index in [2.05, 4.69) is 0 Å². The van der Waals surface area contributed by atoms with E-state index in [0.717, 1.165) is 5.56 Å². The molecule has 24 heavy (non-hydrogen) atoms. The summed E-state index contributed by atoms with van der Waals surface area (Å²) in [5, 5.41) is 0. The maximum absolute atomic E-state index is 12.2. The Kier molecular flexibility index (Phi) is 4.38. The summed E-state index contributed by atoms with van der Waals surface area (Å²) in [5.41, 5.74) is 3.29. The summed E-state index contributed by atoms with van der Waals surface area (Å²) in [6, 6.07) is 13.3. The summed E-state index contributed by atoms with van der Waals surface area (Å²) < 4.78 is 16.0. The van der Waals surface area contributed by atoms with Gasteiger partial charge in [0, 0.05) is 0 Å². The zero-order valence-corrected chi connectivity index (χ0v) is 13.8. The number of aryl methyl sites for hydroxylation is 1. The average molecular weight is 322 g/mol. The maximum Gasteiger partial charge on any atom is 0.343 e. The molecule has 4 nitrogen and oxygen atoms in total. The van der Waals surface area contributed by atoms with E-state index in [0.29, 0.717) is 28.4 Å². The number of ether oxygens (including phenoxy) is 3. The Balaban J connectivity index is 1.98. The molecular formula is C20H18O4. The van der Waals surface area contributed by atoms with Crippen LogP contribution in [0.2, 0.25) is 0 Å². The molecule has 1 aliphatic heterocycles. The number of hydrogen-bond donors (Lipinski definition) is 0.